The number of aromatic nitrogens is 1. The second-order valence-electron chi connectivity index (χ2n) is 9.12. The lowest BCUT2D eigenvalue weighted by molar-refractivity contribution is -0.137. The van der Waals surface area contributed by atoms with E-state index >= 15 is 0 Å². The number of fused-ring (bicyclic) bond motifs is 1. The number of rotatable bonds is 7. The highest BCUT2D eigenvalue weighted by Gasteiger charge is 2.31. The predicted molar refractivity (Wildman–Crippen MR) is 133 cm³/mol. The molecule has 0 spiro atoms. The first-order valence-corrected chi connectivity index (χ1v) is 12.2. The molecule has 5 rings (SSSR count). The summed E-state index contributed by atoms with van der Waals surface area (Å²) in [4.78, 5) is 8.90. The molecule has 2 N–H and O–H groups in total. The van der Waals surface area contributed by atoms with Crippen molar-refractivity contribution in [2.24, 2.45) is 0 Å². The molecule has 2 aliphatic rings. The van der Waals surface area contributed by atoms with Crippen LogP contribution in [0.3, 0.4) is 0 Å². The largest absolute Gasteiger partial charge is 0.454 e. The van der Waals surface area contributed by atoms with Crippen LogP contribution in [0.15, 0.2) is 54.7 Å². The Morgan fingerprint density at radius 2 is 1.72 bits per heavy atom. The Morgan fingerprint density at radius 1 is 0.917 bits per heavy atom. The van der Waals surface area contributed by atoms with Gasteiger partial charge in [0.25, 0.3) is 0 Å². The Balaban J connectivity index is 1.10. The van der Waals surface area contributed by atoms with E-state index in [1.807, 2.05) is 29.2 Å². The number of alkyl halides is 3. The van der Waals surface area contributed by atoms with Crippen molar-refractivity contribution < 1.29 is 22.6 Å². The van der Waals surface area contributed by atoms with Gasteiger partial charge in [0.1, 0.15) is 0 Å². The monoisotopic (exact) mass is 498 g/mol. The number of anilines is 2. The molecule has 9 heteroatoms. The summed E-state index contributed by atoms with van der Waals surface area (Å²) in [5.41, 5.74) is 9.99. The number of hydrogen-bond donors (Lipinski definition) is 1. The third-order valence-corrected chi connectivity index (χ3v) is 6.81. The van der Waals surface area contributed by atoms with E-state index < -0.39 is 11.7 Å². The smallest absolute Gasteiger partial charge is 0.416 e. The number of ether oxygens (including phenoxy) is 2. The molecule has 1 fully saturated rings. The van der Waals surface area contributed by atoms with E-state index in [0.29, 0.717) is 24.5 Å². The molecule has 2 aromatic carbocycles. The predicted octanol–water partition coefficient (Wildman–Crippen LogP) is 5.22. The van der Waals surface area contributed by atoms with Crippen LogP contribution in [0.5, 0.6) is 11.5 Å². The van der Waals surface area contributed by atoms with Gasteiger partial charge in [0.15, 0.2) is 11.5 Å². The molecule has 1 saturated heterocycles. The highest BCUT2D eigenvalue weighted by Crippen LogP contribution is 2.38. The average molecular weight is 499 g/mol. The van der Waals surface area contributed by atoms with Crippen LogP contribution in [-0.2, 0) is 12.6 Å². The number of benzene rings is 2. The third-order valence-electron chi connectivity index (χ3n) is 6.81. The van der Waals surface area contributed by atoms with Crippen LogP contribution in [0.2, 0.25) is 0 Å². The number of piperazine rings is 1. The number of unbranched alkanes of at least 4 members (excludes halogenated alkanes) is 1. The van der Waals surface area contributed by atoms with Gasteiger partial charge in [-0.1, -0.05) is 12.1 Å². The summed E-state index contributed by atoms with van der Waals surface area (Å²) in [5, 5.41) is 0. The molecule has 190 valence electrons. The maximum Gasteiger partial charge on any atom is 0.416 e. The van der Waals surface area contributed by atoms with Crippen molar-refractivity contribution in [2.75, 3.05) is 50.2 Å². The van der Waals surface area contributed by atoms with Crippen LogP contribution in [0.4, 0.5) is 24.5 Å². The molecular weight excluding hydrogens is 469 g/mol. The minimum absolute atomic E-state index is 0.232. The number of nitrogens with two attached hydrogens (primary N) is 1. The molecule has 0 radical (unpaired) electrons. The van der Waals surface area contributed by atoms with E-state index in [-0.39, 0.29) is 6.79 Å². The summed E-state index contributed by atoms with van der Waals surface area (Å²) >= 11 is 0. The van der Waals surface area contributed by atoms with Crippen molar-refractivity contribution in [3.05, 3.63) is 66.0 Å². The van der Waals surface area contributed by atoms with Gasteiger partial charge in [-0.05, 0) is 67.8 Å². The van der Waals surface area contributed by atoms with Crippen molar-refractivity contribution in [3.63, 3.8) is 0 Å². The zero-order valence-electron chi connectivity index (χ0n) is 19.9. The van der Waals surface area contributed by atoms with Gasteiger partial charge in [-0.25, -0.2) is 0 Å². The van der Waals surface area contributed by atoms with E-state index in [1.54, 1.807) is 12.3 Å². The van der Waals surface area contributed by atoms with Gasteiger partial charge in [0.2, 0.25) is 6.79 Å². The zero-order chi connectivity index (χ0) is 25.1. The summed E-state index contributed by atoms with van der Waals surface area (Å²) < 4.78 is 50.0. The van der Waals surface area contributed by atoms with Gasteiger partial charge in [-0.2, -0.15) is 13.2 Å². The molecule has 3 heterocycles. The van der Waals surface area contributed by atoms with Crippen LogP contribution in [0.25, 0.3) is 11.1 Å². The second-order valence-corrected chi connectivity index (χ2v) is 9.12. The average Bonchev–Trinajstić information content (AvgIpc) is 3.35. The van der Waals surface area contributed by atoms with E-state index in [9.17, 15) is 13.2 Å². The topological polar surface area (TPSA) is 63.9 Å². The van der Waals surface area contributed by atoms with Gasteiger partial charge in [-0.3, -0.25) is 9.88 Å². The molecular formula is C27H29F3N4O2. The van der Waals surface area contributed by atoms with E-state index in [4.69, 9.17) is 15.2 Å². The lowest BCUT2D eigenvalue weighted by atomic mass is 10.0. The summed E-state index contributed by atoms with van der Waals surface area (Å²) in [7, 11) is 0. The van der Waals surface area contributed by atoms with E-state index in [2.05, 4.69) is 9.88 Å². The number of nitrogens with zero attached hydrogens (tertiary/aromatic N) is 3. The van der Waals surface area contributed by atoms with E-state index in [0.717, 1.165) is 73.3 Å². The number of pyridine rings is 1. The highest BCUT2D eigenvalue weighted by molar-refractivity contribution is 5.79. The van der Waals surface area contributed by atoms with Gasteiger partial charge < -0.3 is 20.1 Å². The van der Waals surface area contributed by atoms with Crippen molar-refractivity contribution in [1.82, 2.24) is 9.88 Å². The number of aryl methyl sites for hydroxylation is 1. The van der Waals surface area contributed by atoms with Crippen LogP contribution in [-0.4, -0.2) is 49.4 Å². The quantitative estimate of drug-likeness (QED) is 0.451. The molecule has 36 heavy (non-hydrogen) atoms. The van der Waals surface area contributed by atoms with Crippen molar-refractivity contribution in [2.45, 2.75) is 25.4 Å². The van der Waals surface area contributed by atoms with Crippen molar-refractivity contribution in [3.8, 4) is 22.6 Å². The molecule has 6 nitrogen and oxygen atoms in total. The first-order valence-electron chi connectivity index (χ1n) is 12.2. The summed E-state index contributed by atoms with van der Waals surface area (Å²) in [6.45, 7) is 4.27. The first kappa shape index (κ1) is 24.2. The molecule has 0 amide bonds. The molecule has 0 aliphatic carbocycles. The molecule has 0 unspecified atom stereocenters. The standard InChI is InChI=1S/C27H29F3N4O2/c28-27(29,30)20-4-3-5-21(17-20)34-14-12-33(13-15-34)11-2-1-6-23-26(31)22(9-10-32-23)19-7-8-24-25(16-19)36-18-35-24/h3-5,7-10,16-17H,1-2,6,11-15,18,31H2. The maximum atomic E-state index is 13.0. The highest BCUT2D eigenvalue weighted by atomic mass is 19.4. The second kappa shape index (κ2) is 10.3. The molecule has 2 aliphatic heterocycles. The third kappa shape index (κ3) is 5.36. The molecule has 3 aromatic rings. The van der Waals surface area contributed by atoms with Crippen LogP contribution >= 0.6 is 0 Å². The van der Waals surface area contributed by atoms with Gasteiger partial charge >= 0.3 is 6.18 Å². The SMILES string of the molecule is Nc1c(-c2ccc3c(c2)OCO3)ccnc1CCCCN1CCN(c2cccc(C(F)(F)F)c2)CC1. The van der Waals surface area contributed by atoms with Gasteiger partial charge in [0.05, 0.1) is 16.9 Å². The van der Waals surface area contributed by atoms with E-state index in [1.165, 1.54) is 12.1 Å². The van der Waals surface area contributed by atoms with Crippen molar-refractivity contribution >= 4 is 11.4 Å². The minimum Gasteiger partial charge on any atom is -0.454 e. The molecule has 1 aromatic heterocycles. The fourth-order valence-corrected chi connectivity index (χ4v) is 4.77. The minimum atomic E-state index is -4.32. The summed E-state index contributed by atoms with van der Waals surface area (Å²) in [5.74, 6) is 1.46. The number of hydrogen-bond acceptors (Lipinski definition) is 6. The maximum absolute atomic E-state index is 13.0. The summed E-state index contributed by atoms with van der Waals surface area (Å²) in [6.07, 6.45) is 0.210. The number of halogens is 3. The Labute approximate surface area is 208 Å². The van der Waals surface area contributed by atoms with Gasteiger partial charge in [-0.15, -0.1) is 0 Å². The molecule has 0 saturated carbocycles. The fourth-order valence-electron chi connectivity index (χ4n) is 4.77. The Kier molecular flexibility index (Phi) is 6.91. The Morgan fingerprint density at radius 3 is 2.53 bits per heavy atom. The fraction of sp³-hybridized carbons (Fsp3) is 0.370. The molecule has 0 bridgehead atoms. The molecule has 0 atom stereocenters. The van der Waals surface area contributed by atoms with Gasteiger partial charge in [0, 0.05) is 43.6 Å². The lowest BCUT2D eigenvalue weighted by Gasteiger charge is -2.36. The van der Waals surface area contributed by atoms with Crippen LogP contribution in [0.1, 0.15) is 24.1 Å². The summed E-state index contributed by atoms with van der Waals surface area (Å²) in [6, 6.07) is 13.3. The number of nitrogen functional groups attached to an aromatic ring is 1. The van der Waals surface area contributed by atoms with Crippen molar-refractivity contribution in [1.29, 1.82) is 0 Å². The van der Waals surface area contributed by atoms with Crippen LogP contribution < -0.4 is 20.1 Å². The normalized spacial score (nSPS) is 15.9. The zero-order valence-corrected chi connectivity index (χ0v) is 19.9. The lowest BCUT2D eigenvalue weighted by Crippen LogP contribution is -2.46. The first-order chi connectivity index (χ1) is 17.4. The Hall–Kier alpha value is -3.46. The Bertz CT molecular complexity index is 1210. The van der Waals surface area contributed by atoms with Crippen LogP contribution in [0, 0.1) is 0 Å².